The molecule has 0 aromatic heterocycles. The Balaban J connectivity index is 2.89. The third kappa shape index (κ3) is 2.45. The van der Waals surface area contributed by atoms with Crippen LogP contribution in [0.15, 0.2) is 18.2 Å². The molecule has 0 fully saturated rings. The van der Waals surface area contributed by atoms with Gasteiger partial charge in [0, 0.05) is 11.3 Å². The van der Waals surface area contributed by atoms with Crippen molar-refractivity contribution in [2.24, 2.45) is 0 Å². The predicted molar refractivity (Wildman–Crippen MR) is 53.6 cm³/mol. The maximum absolute atomic E-state index is 13.0. The third-order valence-corrected chi connectivity index (χ3v) is 1.97. The van der Waals surface area contributed by atoms with Crippen molar-refractivity contribution in [2.45, 2.75) is 6.92 Å². The second-order valence-electron chi connectivity index (χ2n) is 2.62. The van der Waals surface area contributed by atoms with Gasteiger partial charge in [0.15, 0.2) is 0 Å². The van der Waals surface area contributed by atoms with Crippen LogP contribution in [0.5, 0.6) is 0 Å². The van der Waals surface area contributed by atoms with Crippen molar-refractivity contribution in [1.29, 1.82) is 0 Å². The summed E-state index contributed by atoms with van der Waals surface area (Å²) in [5, 5.41) is 2.55. The van der Waals surface area contributed by atoms with Crippen molar-refractivity contribution in [3.63, 3.8) is 0 Å². The van der Waals surface area contributed by atoms with Crippen LogP contribution in [0, 0.1) is 12.7 Å². The van der Waals surface area contributed by atoms with Gasteiger partial charge in [-0.1, -0.05) is 6.07 Å². The van der Waals surface area contributed by atoms with Gasteiger partial charge in [-0.15, -0.1) is 0 Å². The molecule has 0 bridgehead atoms. The summed E-state index contributed by atoms with van der Waals surface area (Å²) in [7, 11) is 0. The van der Waals surface area contributed by atoms with Crippen LogP contribution >= 0.6 is 12.6 Å². The molecule has 0 aliphatic carbocycles. The molecule has 2 nitrogen and oxygen atoms in total. The van der Waals surface area contributed by atoms with Crippen LogP contribution in [0.2, 0.25) is 0 Å². The minimum absolute atomic E-state index is 0.0932. The van der Waals surface area contributed by atoms with E-state index in [1.165, 1.54) is 6.07 Å². The average Bonchev–Trinajstić information content (AvgIpc) is 2.13. The van der Waals surface area contributed by atoms with E-state index in [1.54, 1.807) is 19.1 Å². The largest absolute Gasteiger partial charge is 0.325 e. The quantitative estimate of drug-likeness (QED) is 0.701. The molecule has 70 valence electrons. The lowest BCUT2D eigenvalue weighted by molar-refractivity contribution is -0.113. The Bertz CT molecular complexity index is 327. The Labute approximate surface area is 81.6 Å². The molecular formula is C9H10FNOS. The summed E-state index contributed by atoms with van der Waals surface area (Å²) in [5.41, 5.74) is 0.941. The van der Waals surface area contributed by atoms with E-state index in [9.17, 15) is 9.18 Å². The van der Waals surface area contributed by atoms with E-state index >= 15 is 0 Å². The van der Waals surface area contributed by atoms with Crippen molar-refractivity contribution >= 4 is 24.2 Å². The van der Waals surface area contributed by atoms with E-state index in [4.69, 9.17) is 0 Å². The van der Waals surface area contributed by atoms with E-state index in [1.807, 2.05) is 0 Å². The number of carbonyl (C=O) groups excluding carboxylic acids is 1. The van der Waals surface area contributed by atoms with Crippen LogP contribution in [-0.4, -0.2) is 11.7 Å². The van der Waals surface area contributed by atoms with Crippen molar-refractivity contribution in [3.05, 3.63) is 29.6 Å². The molecule has 0 heterocycles. The van der Waals surface area contributed by atoms with E-state index in [-0.39, 0.29) is 17.5 Å². The zero-order valence-corrected chi connectivity index (χ0v) is 8.07. The standard InChI is InChI=1S/C9H10FNOS/c1-6-7(10)3-2-4-8(6)11-9(12)5-13/h2-4,13H,5H2,1H3,(H,11,12). The molecule has 0 aliphatic heterocycles. The first kappa shape index (κ1) is 10.1. The minimum atomic E-state index is -0.322. The summed E-state index contributed by atoms with van der Waals surface area (Å²) in [6, 6.07) is 4.56. The number of thiol groups is 1. The monoisotopic (exact) mass is 199 g/mol. The molecular weight excluding hydrogens is 189 g/mol. The Morgan fingerprint density at radius 3 is 2.92 bits per heavy atom. The highest BCUT2D eigenvalue weighted by atomic mass is 32.1. The number of amides is 1. The third-order valence-electron chi connectivity index (χ3n) is 1.69. The Morgan fingerprint density at radius 2 is 2.31 bits per heavy atom. The number of hydrogen-bond acceptors (Lipinski definition) is 2. The molecule has 1 rings (SSSR count). The van der Waals surface area contributed by atoms with Crippen molar-refractivity contribution in [2.75, 3.05) is 11.1 Å². The highest BCUT2D eigenvalue weighted by Gasteiger charge is 2.05. The fraction of sp³-hybridized carbons (Fsp3) is 0.222. The first-order valence-electron chi connectivity index (χ1n) is 3.81. The number of nitrogens with one attached hydrogen (secondary N) is 1. The summed E-state index contributed by atoms with van der Waals surface area (Å²) in [4.78, 5) is 10.9. The van der Waals surface area contributed by atoms with E-state index in [0.29, 0.717) is 11.3 Å². The van der Waals surface area contributed by atoms with Gasteiger partial charge in [-0.25, -0.2) is 4.39 Å². The molecule has 1 N–H and O–H groups in total. The van der Waals surface area contributed by atoms with Crippen molar-refractivity contribution in [1.82, 2.24) is 0 Å². The second-order valence-corrected chi connectivity index (χ2v) is 2.93. The summed E-state index contributed by atoms with van der Waals surface area (Å²) in [6.07, 6.45) is 0. The molecule has 1 aromatic rings. The zero-order chi connectivity index (χ0) is 9.84. The van der Waals surface area contributed by atoms with Crippen molar-refractivity contribution < 1.29 is 9.18 Å². The van der Waals surface area contributed by atoms with E-state index in [0.717, 1.165) is 0 Å². The molecule has 0 aliphatic rings. The number of benzene rings is 1. The Kier molecular flexibility index (Phi) is 3.31. The molecule has 0 radical (unpaired) electrons. The van der Waals surface area contributed by atoms with Gasteiger partial charge in [0.05, 0.1) is 5.75 Å². The predicted octanol–water partition coefficient (Wildman–Crippen LogP) is 2.00. The normalized spacial score (nSPS) is 9.77. The van der Waals surface area contributed by atoms with Gasteiger partial charge in [-0.05, 0) is 19.1 Å². The number of hydrogen-bond donors (Lipinski definition) is 2. The fourth-order valence-corrected chi connectivity index (χ4v) is 1.01. The van der Waals surface area contributed by atoms with Gasteiger partial charge in [-0.3, -0.25) is 4.79 Å². The maximum atomic E-state index is 13.0. The molecule has 1 aromatic carbocycles. The van der Waals surface area contributed by atoms with Crippen LogP contribution < -0.4 is 5.32 Å². The number of halogens is 1. The maximum Gasteiger partial charge on any atom is 0.234 e. The first-order valence-corrected chi connectivity index (χ1v) is 4.44. The summed E-state index contributed by atoms with van der Waals surface area (Å²) >= 11 is 3.80. The van der Waals surface area contributed by atoms with Crippen LogP contribution in [0.3, 0.4) is 0 Å². The minimum Gasteiger partial charge on any atom is -0.325 e. The highest BCUT2D eigenvalue weighted by Crippen LogP contribution is 2.17. The van der Waals surface area contributed by atoms with Crippen LogP contribution in [0.1, 0.15) is 5.56 Å². The highest BCUT2D eigenvalue weighted by molar-refractivity contribution is 7.81. The van der Waals surface area contributed by atoms with Gasteiger partial charge in [0.1, 0.15) is 5.82 Å². The number of rotatable bonds is 2. The first-order chi connectivity index (χ1) is 6.15. The van der Waals surface area contributed by atoms with Crippen LogP contribution in [-0.2, 0) is 4.79 Å². The summed E-state index contributed by atoms with van der Waals surface area (Å²) in [5.74, 6) is -0.468. The van der Waals surface area contributed by atoms with E-state index < -0.39 is 0 Å². The number of anilines is 1. The zero-order valence-electron chi connectivity index (χ0n) is 7.17. The molecule has 4 heteroatoms. The Hall–Kier alpha value is -1.03. The fourth-order valence-electron chi connectivity index (χ4n) is 0.933. The van der Waals surface area contributed by atoms with Gasteiger partial charge in [0.25, 0.3) is 0 Å². The molecule has 0 atom stereocenters. The van der Waals surface area contributed by atoms with Crippen molar-refractivity contribution in [3.8, 4) is 0 Å². The van der Waals surface area contributed by atoms with Gasteiger partial charge in [0.2, 0.25) is 5.91 Å². The summed E-state index contributed by atoms with van der Waals surface area (Å²) in [6.45, 7) is 1.61. The van der Waals surface area contributed by atoms with Gasteiger partial charge < -0.3 is 5.32 Å². The lowest BCUT2D eigenvalue weighted by Crippen LogP contribution is -2.13. The van der Waals surface area contributed by atoms with Crippen LogP contribution in [0.25, 0.3) is 0 Å². The molecule has 1 amide bonds. The number of carbonyl (C=O) groups is 1. The summed E-state index contributed by atoms with van der Waals surface area (Å²) < 4.78 is 13.0. The molecule has 0 unspecified atom stereocenters. The molecule has 0 saturated carbocycles. The molecule has 13 heavy (non-hydrogen) atoms. The van der Waals surface area contributed by atoms with Gasteiger partial charge in [-0.2, -0.15) is 12.6 Å². The smallest absolute Gasteiger partial charge is 0.234 e. The molecule has 0 spiro atoms. The Morgan fingerprint density at radius 1 is 1.62 bits per heavy atom. The molecule has 0 saturated heterocycles. The lowest BCUT2D eigenvalue weighted by Gasteiger charge is -2.06. The van der Waals surface area contributed by atoms with E-state index in [2.05, 4.69) is 17.9 Å². The SMILES string of the molecule is Cc1c(F)cccc1NC(=O)CS. The van der Waals surface area contributed by atoms with Crippen LogP contribution in [0.4, 0.5) is 10.1 Å². The van der Waals surface area contributed by atoms with Gasteiger partial charge >= 0.3 is 0 Å². The average molecular weight is 199 g/mol. The topological polar surface area (TPSA) is 29.1 Å². The second kappa shape index (κ2) is 4.28. The lowest BCUT2D eigenvalue weighted by atomic mass is 10.2.